The zero-order chi connectivity index (χ0) is 20.5. The molecule has 2 aromatic rings. The second kappa shape index (κ2) is 11.3. The Kier molecular flexibility index (Phi) is 9.04. The van der Waals surface area contributed by atoms with Gasteiger partial charge in [0.25, 0.3) is 0 Å². The van der Waals surface area contributed by atoms with Crippen LogP contribution in [0.25, 0.3) is 10.9 Å². The Morgan fingerprint density at radius 2 is 1.86 bits per heavy atom. The van der Waals surface area contributed by atoms with E-state index in [0.29, 0.717) is 12.3 Å². The molecule has 0 bridgehead atoms. The minimum Gasteiger partial charge on any atom is -0.361 e. The summed E-state index contributed by atoms with van der Waals surface area (Å²) in [6, 6.07) is 8.60. The molecular formula is C24H39N3O. The summed E-state index contributed by atoms with van der Waals surface area (Å²) in [5, 5.41) is 4.48. The van der Waals surface area contributed by atoms with Gasteiger partial charge >= 0.3 is 0 Å². The summed E-state index contributed by atoms with van der Waals surface area (Å²) >= 11 is 0. The lowest BCUT2D eigenvalue weighted by Crippen LogP contribution is -2.34. The van der Waals surface area contributed by atoms with Crippen molar-refractivity contribution in [3.63, 3.8) is 0 Å². The number of para-hydroxylation sites is 1. The van der Waals surface area contributed by atoms with E-state index in [4.69, 9.17) is 0 Å². The molecule has 0 fully saturated rings. The highest BCUT2D eigenvalue weighted by Gasteiger charge is 2.21. The number of benzene rings is 1. The molecule has 0 saturated carbocycles. The van der Waals surface area contributed by atoms with Crippen LogP contribution in [0.2, 0.25) is 0 Å². The molecule has 1 amide bonds. The Hall–Kier alpha value is -1.81. The summed E-state index contributed by atoms with van der Waals surface area (Å²) in [6.45, 7) is 14.3. The van der Waals surface area contributed by atoms with Crippen molar-refractivity contribution >= 4 is 16.8 Å². The molecule has 0 radical (unpaired) electrons. The number of aromatic amines is 1. The van der Waals surface area contributed by atoms with Crippen molar-refractivity contribution in [3.8, 4) is 0 Å². The molecule has 0 saturated heterocycles. The fourth-order valence-corrected chi connectivity index (χ4v) is 4.11. The number of nitrogens with zero attached hydrogens (tertiary/aromatic N) is 1. The normalized spacial score (nSPS) is 14.0. The van der Waals surface area contributed by atoms with Crippen molar-refractivity contribution in [1.82, 2.24) is 15.2 Å². The Balaban J connectivity index is 1.94. The van der Waals surface area contributed by atoms with E-state index in [-0.39, 0.29) is 17.9 Å². The van der Waals surface area contributed by atoms with Gasteiger partial charge in [-0.2, -0.15) is 0 Å². The van der Waals surface area contributed by atoms with E-state index in [1.54, 1.807) is 0 Å². The van der Waals surface area contributed by atoms with E-state index in [1.165, 1.54) is 10.9 Å². The zero-order valence-corrected chi connectivity index (χ0v) is 18.4. The summed E-state index contributed by atoms with van der Waals surface area (Å²) in [4.78, 5) is 18.6. The number of hydrogen-bond acceptors (Lipinski definition) is 2. The first-order valence-corrected chi connectivity index (χ1v) is 11.0. The highest BCUT2D eigenvalue weighted by molar-refractivity contribution is 5.85. The van der Waals surface area contributed by atoms with Crippen molar-refractivity contribution in [1.29, 1.82) is 0 Å². The molecule has 1 heterocycles. The summed E-state index contributed by atoms with van der Waals surface area (Å²) < 4.78 is 0. The van der Waals surface area contributed by atoms with Gasteiger partial charge in [-0.25, -0.2) is 0 Å². The van der Waals surface area contributed by atoms with E-state index in [9.17, 15) is 4.79 Å². The first kappa shape index (κ1) is 22.5. The summed E-state index contributed by atoms with van der Waals surface area (Å²) in [6.07, 6.45) is 5.83. The van der Waals surface area contributed by atoms with Crippen molar-refractivity contribution < 1.29 is 4.79 Å². The maximum Gasteiger partial charge on any atom is 0.220 e. The van der Waals surface area contributed by atoms with Gasteiger partial charge in [-0.05, 0) is 69.3 Å². The van der Waals surface area contributed by atoms with E-state index in [2.05, 4.69) is 74.2 Å². The first-order chi connectivity index (χ1) is 13.4. The number of fused-ring (bicyclic) bond motifs is 1. The lowest BCUT2D eigenvalue weighted by molar-refractivity contribution is -0.122. The number of carbonyl (C=O) groups is 1. The smallest absolute Gasteiger partial charge is 0.220 e. The fourth-order valence-electron chi connectivity index (χ4n) is 4.11. The van der Waals surface area contributed by atoms with E-state index in [1.807, 2.05) is 6.07 Å². The van der Waals surface area contributed by atoms with Crippen molar-refractivity contribution in [2.75, 3.05) is 19.6 Å². The van der Waals surface area contributed by atoms with E-state index < -0.39 is 0 Å². The molecule has 0 aliphatic heterocycles. The summed E-state index contributed by atoms with van der Waals surface area (Å²) in [5.74, 6) is 0.975. The number of carbonyl (C=O) groups excluding carboxylic acids is 1. The largest absolute Gasteiger partial charge is 0.361 e. The molecule has 28 heavy (non-hydrogen) atoms. The maximum atomic E-state index is 12.8. The molecule has 0 aliphatic carbocycles. The highest BCUT2D eigenvalue weighted by Crippen LogP contribution is 2.32. The molecule has 2 atom stereocenters. The molecular weight excluding hydrogens is 346 g/mol. The van der Waals surface area contributed by atoms with Crippen LogP contribution in [0.3, 0.4) is 0 Å². The quantitative estimate of drug-likeness (QED) is 0.520. The van der Waals surface area contributed by atoms with Crippen molar-refractivity contribution in [3.05, 3.63) is 36.0 Å². The average Bonchev–Trinajstić information content (AvgIpc) is 3.08. The van der Waals surface area contributed by atoms with Crippen LogP contribution in [0.4, 0.5) is 0 Å². The van der Waals surface area contributed by atoms with Gasteiger partial charge in [0.2, 0.25) is 5.91 Å². The monoisotopic (exact) mass is 385 g/mol. The number of hydrogen-bond donors (Lipinski definition) is 2. The van der Waals surface area contributed by atoms with Gasteiger partial charge in [0, 0.05) is 29.6 Å². The van der Waals surface area contributed by atoms with Crippen molar-refractivity contribution in [2.45, 2.75) is 72.3 Å². The molecule has 1 aromatic carbocycles. The predicted molar refractivity (Wildman–Crippen MR) is 120 cm³/mol. The number of nitrogens with one attached hydrogen (secondary N) is 2. The van der Waals surface area contributed by atoms with Crippen LogP contribution >= 0.6 is 0 Å². The molecule has 4 heteroatoms. The molecule has 4 nitrogen and oxygen atoms in total. The van der Waals surface area contributed by atoms with Crippen LogP contribution in [0.5, 0.6) is 0 Å². The highest BCUT2D eigenvalue weighted by atomic mass is 16.1. The number of H-pyrrole nitrogens is 1. The Morgan fingerprint density at radius 3 is 2.54 bits per heavy atom. The van der Waals surface area contributed by atoms with Crippen LogP contribution in [0.1, 0.15) is 71.8 Å². The van der Waals surface area contributed by atoms with Gasteiger partial charge < -0.3 is 15.2 Å². The first-order valence-electron chi connectivity index (χ1n) is 11.0. The Labute approximate surface area is 171 Å². The van der Waals surface area contributed by atoms with E-state index in [0.717, 1.165) is 44.4 Å². The summed E-state index contributed by atoms with van der Waals surface area (Å²) in [7, 11) is 0. The van der Waals surface area contributed by atoms with E-state index >= 15 is 0 Å². The van der Waals surface area contributed by atoms with Crippen LogP contribution in [0, 0.1) is 5.92 Å². The molecule has 2 N–H and O–H groups in total. The second-order valence-electron chi connectivity index (χ2n) is 8.46. The topological polar surface area (TPSA) is 48.1 Å². The third-order valence-corrected chi connectivity index (χ3v) is 5.66. The molecule has 2 rings (SSSR count). The van der Waals surface area contributed by atoms with Gasteiger partial charge in [0.05, 0.1) is 0 Å². The van der Waals surface area contributed by atoms with Gasteiger partial charge in [0.1, 0.15) is 0 Å². The Bertz CT molecular complexity index is 717. The number of amides is 1. The van der Waals surface area contributed by atoms with Crippen LogP contribution in [0.15, 0.2) is 30.5 Å². The molecule has 0 aliphatic rings. The lowest BCUT2D eigenvalue weighted by atomic mass is 9.87. The van der Waals surface area contributed by atoms with Gasteiger partial charge in [-0.1, -0.05) is 45.9 Å². The van der Waals surface area contributed by atoms with Crippen LogP contribution < -0.4 is 5.32 Å². The third-order valence-electron chi connectivity index (χ3n) is 5.66. The second-order valence-corrected chi connectivity index (χ2v) is 8.46. The predicted octanol–water partition coefficient (Wildman–Crippen LogP) is 5.31. The molecule has 156 valence electrons. The van der Waals surface area contributed by atoms with Gasteiger partial charge in [-0.3, -0.25) is 4.79 Å². The molecule has 1 aromatic heterocycles. The number of aromatic nitrogens is 1. The molecule has 0 unspecified atom stereocenters. The fraction of sp³-hybridized carbons (Fsp3) is 0.625. The Morgan fingerprint density at radius 1 is 1.14 bits per heavy atom. The number of rotatable bonds is 12. The van der Waals surface area contributed by atoms with Crippen LogP contribution in [-0.2, 0) is 4.79 Å². The average molecular weight is 386 g/mol. The van der Waals surface area contributed by atoms with Gasteiger partial charge in [0.15, 0.2) is 0 Å². The SMILES string of the molecule is CCN(CC)CCC[C@H](C)NC(=O)C[C@@H](CC(C)C)c1c[nH]c2ccccc12. The van der Waals surface area contributed by atoms with Crippen LogP contribution in [-0.4, -0.2) is 41.5 Å². The zero-order valence-electron chi connectivity index (χ0n) is 18.4. The lowest BCUT2D eigenvalue weighted by Gasteiger charge is -2.22. The molecule has 0 spiro atoms. The van der Waals surface area contributed by atoms with Gasteiger partial charge in [-0.15, -0.1) is 0 Å². The summed E-state index contributed by atoms with van der Waals surface area (Å²) in [5.41, 5.74) is 2.42. The van der Waals surface area contributed by atoms with Crippen molar-refractivity contribution in [2.24, 2.45) is 5.92 Å². The minimum atomic E-state index is 0.172. The minimum absolute atomic E-state index is 0.172. The standard InChI is InChI=1S/C24H39N3O/c1-6-27(7-2)14-10-11-19(5)26-24(28)16-20(15-18(3)4)22-17-25-23-13-9-8-12-21(22)23/h8-9,12-13,17-20,25H,6-7,10-11,14-16H2,1-5H3,(H,26,28)/t19-,20+/m0/s1. The maximum absolute atomic E-state index is 12.8. The third kappa shape index (κ3) is 6.66.